The molecule has 1 aliphatic heterocycles. The lowest BCUT2D eigenvalue weighted by molar-refractivity contribution is 0.706. The van der Waals surface area contributed by atoms with Crippen LogP contribution >= 0.6 is 11.8 Å². The highest BCUT2D eigenvalue weighted by atomic mass is 32.2. The first-order valence-electron chi connectivity index (χ1n) is 5.78. The molecule has 82 valence electrons. The lowest BCUT2D eigenvalue weighted by atomic mass is 10.2. The van der Waals surface area contributed by atoms with Gasteiger partial charge in [0.25, 0.3) is 0 Å². The summed E-state index contributed by atoms with van der Waals surface area (Å²) in [6.07, 6.45) is 4.06. The number of thioether (sulfide) groups is 1. The largest absolute Gasteiger partial charge is 0.316 e. The number of hydrogen-bond donors (Lipinski definition) is 1. The number of benzene rings is 1. The van der Waals surface area contributed by atoms with Crippen LogP contribution in [0.5, 0.6) is 0 Å². The van der Waals surface area contributed by atoms with Gasteiger partial charge in [-0.25, -0.2) is 0 Å². The van der Waals surface area contributed by atoms with Crippen molar-refractivity contribution < 1.29 is 0 Å². The third-order valence-electron chi connectivity index (χ3n) is 2.79. The summed E-state index contributed by atoms with van der Waals surface area (Å²) >= 11 is 2.03. The van der Waals surface area contributed by atoms with Gasteiger partial charge in [0, 0.05) is 16.7 Å². The average Bonchev–Trinajstić information content (AvgIpc) is 2.46. The van der Waals surface area contributed by atoms with Crippen molar-refractivity contribution in [2.75, 3.05) is 13.1 Å². The number of nitrogens with one attached hydrogen (secondary N) is 1. The average molecular weight is 221 g/mol. The SMILES string of the molecule is Cc1cccc(SC2CCCCNC2)c1. The molecule has 1 N–H and O–H groups in total. The van der Waals surface area contributed by atoms with E-state index in [0.717, 1.165) is 5.25 Å². The Hall–Kier alpha value is -0.470. The highest BCUT2D eigenvalue weighted by Gasteiger charge is 2.12. The molecule has 0 bridgehead atoms. The monoisotopic (exact) mass is 221 g/mol. The molecule has 0 spiro atoms. The minimum absolute atomic E-state index is 0.759. The van der Waals surface area contributed by atoms with Gasteiger partial charge in [-0.3, -0.25) is 0 Å². The molecule has 2 heteroatoms. The van der Waals surface area contributed by atoms with Crippen LogP contribution in [0.3, 0.4) is 0 Å². The quantitative estimate of drug-likeness (QED) is 0.823. The molecule has 1 aliphatic rings. The van der Waals surface area contributed by atoms with Gasteiger partial charge >= 0.3 is 0 Å². The summed E-state index contributed by atoms with van der Waals surface area (Å²) in [5.74, 6) is 0. The predicted molar refractivity (Wildman–Crippen MR) is 67.5 cm³/mol. The zero-order chi connectivity index (χ0) is 10.5. The van der Waals surface area contributed by atoms with Crippen molar-refractivity contribution in [3.63, 3.8) is 0 Å². The molecule has 0 amide bonds. The summed E-state index contributed by atoms with van der Waals surface area (Å²) in [4.78, 5) is 1.42. The molecule has 1 aromatic carbocycles. The van der Waals surface area contributed by atoms with Crippen molar-refractivity contribution in [2.45, 2.75) is 36.3 Å². The Morgan fingerprint density at radius 3 is 3.13 bits per heavy atom. The molecule has 0 aliphatic carbocycles. The highest BCUT2D eigenvalue weighted by Crippen LogP contribution is 2.27. The second-order valence-corrected chi connectivity index (χ2v) is 5.63. The van der Waals surface area contributed by atoms with Gasteiger partial charge in [0.15, 0.2) is 0 Å². The Labute approximate surface area is 96.7 Å². The zero-order valence-electron chi connectivity index (χ0n) is 9.33. The van der Waals surface area contributed by atoms with Crippen molar-refractivity contribution in [1.29, 1.82) is 0 Å². The van der Waals surface area contributed by atoms with Crippen LogP contribution in [0, 0.1) is 6.92 Å². The first-order chi connectivity index (χ1) is 7.34. The smallest absolute Gasteiger partial charge is 0.0219 e. The lowest BCUT2D eigenvalue weighted by Crippen LogP contribution is -2.22. The molecule has 2 rings (SSSR count). The van der Waals surface area contributed by atoms with Crippen LogP contribution in [0.25, 0.3) is 0 Å². The molecule has 1 unspecified atom stereocenters. The van der Waals surface area contributed by atoms with Crippen LogP contribution in [0.4, 0.5) is 0 Å². The van der Waals surface area contributed by atoms with Gasteiger partial charge in [0.05, 0.1) is 0 Å². The van der Waals surface area contributed by atoms with E-state index in [2.05, 4.69) is 36.5 Å². The van der Waals surface area contributed by atoms with E-state index in [1.165, 1.54) is 42.8 Å². The Kier molecular flexibility index (Phi) is 4.09. The summed E-state index contributed by atoms with van der Waals surface area (Å²) in [6.45, 7) is 4.53. The number of aryl methyl sites for hydroxylation is 1. The van der Waals surface area contributed by atoms with Gasteiger partial charge < -0.3 is 5.32 Å². The van der Waals surface area contributed by atoms with E-state index in [-0.39, 0.29) is 0 Å². The molecular formula is C13H19NS. The number of rotatable bonds is 2. The summed E-state index contributed by atoms with van der Waals surface area (Å²) in [6, 6.07) is 8.83. The molecule has 0 saturated carbocycles. The molecule has 15 heavy (non-hydrogen) atoms. The molecule has 1 fully saturated rings. The van der Waals surface area contributed by atoms with E-state index < -0.39 is 0 Å². The van der Waals surface area contributed by atoms with Crippen LogP contribution in [0.2, 0.25) is 0 Å². The first-order valence-corrected chi connectivity index (χ1v) is 6.66. The Morgan fingerprint density at radius 1 is 1.33 bits per heavy atom. The topological polar surface area (TPSA) is 12.0 Å². The molecular weight excluding hydrogens is 202 g/mol. The predicted octanol–water partition coefficient (Wildman–Crippen LogP) is 3.23. The van der Waals surface area contributed by atoms with E-state index in [4.69, 9.17) is 0 Å². The van der Waals surface area contributed by atoms with Gasteiger partial charge in [-0.15, -0.1) is 11.8 Å². The van der Waals surface area contributed by atoms with Crippen molar-refractivity contribution >= 4 is 11.8 Å². The van der Waals surface area contributed by atoms with E-state index in [1.807, 2.05) is 11.8 Å². The fourth-order valence-corrected chi connectivity index (χ4v) is 3.25. The minimum Gasteiger partial charge on any atom is -0.316 e. The fraction of sp³-hybridized carbons (Fsp3) is 0.538. The normalized spacial score (nSPS) is 22.3. The summed E-state index contributed by atoms with van der Waals surface area (Å²) < 4.78 is 0. The van der Waals surface area contributed by atoms with Gasteiger partial charge in [-0.2, -0.15) is 0 Å². The molecule has 0 radical (unpaired) electrons. The maximum atomic E-state index is 3.51. The molecule has 1 atom stereocenters. The van der Waals surface area contributed by atoms with E-state index in [9.17, 15) is 0 Å². The van der Waals surface area contributed by atoms with Crippen LogP contribution in [-0.2, 0) is 0 Å². The van der Waals surface area contributed by atoms with Gasteiger partial charge in [0.2, 0.25) is 0 Å². The minimum atomic E-state index is 0.759. The summed E-state index contributed by atoms with van der Waals surface area (Å²) in [5.41, 5.74) is 1.36. The third kappa shape index (κ3) is 3.54. The second-order valence-electron chi connectivity index (χ2n) is 4.26. The molecule has 1 saturated heterocycles. The highest BCUT2D eigenvalue weighted by molar-refractivity contribution is 8.00. The van der Waals surface area contributed by atoms with Crippen molar-refractivity contribution in [2.24, 2.45) is 0 Å². The Morgan fingerprint density at radius 2 is 2.27 bits per heavy atom. The molecule has 1 aromatic rings. The standard InChI is InChI=1S/C13H19NS/c1-11-5-4-7-12(9-11)15-13-6-2-3-8-14-10-13/h4-5,7,9,13-14H,2-3,6,8,10H2,1H3. The van der Waals surface area contributed by atoms with Gasteiger partial charge in [-0.1, -0.05) is 24.1 Å². The van der Waals surface area contributed by atoms with E-state index in [1.54, 1.807) is 0 Å². The van der Waals surface area contributed by atoms with Crippen molar-refractivity contribution in [1.82, 2.24) is 5.32 Å². The van der Waals surface area contributed by atoms with E-state index >= 15 is 0 Å². The second kappa shape index (κ2) is 5.57. The maximum Gasteiger partial charge on any atom is 0.0219 e. The lowest BCUT2D eigenvalue weighted by Gasteiger charge is -2.13. The molecule has 1 nitrogen and oxygen atoms in total. The van der Waals surface area contributed by atoms with Crippen LogP contribution in [0.1, 0.15) is 24.8 Å². The summed E-state index contributed by atoms with van der Waals surface area (Å²) in [7, 11) is 0. The molecule has 0 aromatic heterocycles. The number of hydrogen-bond acceptors (Lipinski definition) is 2. The Bertz CT molecular complexity index is 303. The molecule has 1 heterocycles. The van der Waals surface area contributed by atoms with E-state index in [0.29, 0.717) is 0 Å². The van der Waals surface area contributed by atoms with Crippen LogP contribution in [-0.4, -0.2) is 18.3 Å². The van der Waals surface area contributed by atoms with Gasteiger partial charge in [0.1, 0.15) is 0 Å². The fourth-order valence-electron chi connectivity index (χ4n) is 1.97. The van der Waals surface area contributed by atoms with Crippen LogP contribution in [0.15, 0.2) is 29.2 Å². The van der Waals surface area contributed by atoms with Crippen molar-refractivity contribution in [3.8, 4) is 0 Å². The summed E-state index contributed by atoms with van der Waals surface area (Å²) in [5, 5.41) is 4.27. The third-order valence-corrected chi connectivity index (χ3v) is 4.06. The zero-order valence-corrected chi connectivity index (χ0v) is 10.1. The first kappa shape index (κ1) is 11.0. The van der Waals surface area contributed by atoms with Gasteiger partial charge in [-0.05, 0) is 38.4 Å². The van der Waals surface area contributed by atoms with Crippen molar-refractivity contribution in [3.05, 3.63) is 29.8 Å². The Balaban J connectivity index is 1.95. The maximum absolute atomic E-state index is 3.51. The van der Waals surface area contributed by atoms with Crippen LogP contribution < -0.4 is 5.32 Å².